The van der Waals surface area contributed by atoms with Gasteiger partial charge in [-0.1, -0.05) is 0 Å². The molecule has 0 spiro atoms. The topological polar surface area (TPSA) is 123 Å². The van der Waals surface area contributed by atoms with Gasteiger partial charge >= 0.3 is 0 Å². The van der Waals surface area contributed by atoms with Gasteiger partial charge in [-0.3, -0.25) is 14.9 Å². The van der Waals surface area contributed by atoms with Crippen LogP contribution in [0.2, 0.25) is 0 Å². The van der Waals surface area contributed by atoms with Crippen LogP contribution in [0.25, 0.3) is 0 Å². The van der Waals surface area contributed by atoms with Crippen molar-refractivity contribution < 1.29 is 24.3 Å². The molecule has 0 saturated carbocycles. The monoisotopic (exact) mass is 485 g/mol. The molecule has 0 bridgehead atoms. The molecule has 0 heterocycles. The maximum absolute atomic E-state index is 12.3. The van der Waals surface area contributed by atoms with E-state index in [-0.39, 0.29) is 22.7 Å². The number of halogens is 1. The average molecular weight is 485 g/mol. The van der Waals surface area contributed by atoms with Gasteiger partial charge in [0, 0.05) is 12.1 Å². The maximum atomic E-state index is 12.3. The van der Waals surface area contributed by atoms with Crippen LogP contribution in [0.4, 0.5) is 5.69 Å². The predicted octanol–water partition coefficient (Wildman–Crippen LogP) is 3.08. The highest BCUT2D eigenvalue weighted by molar-refractivity contribution is 14.1. The van der Waals surface area contributed by atoms with Crippen LogP contribution in [0.5, 0.6) is 17.2 Å². The number of nitrogens with zero attached hydrogens (tertiary/aromatic N) is 2. The molecule has 2 N–H and O–H groups in total. The number of hydrogen-bond acceptors (Lipinski definition) is 7. The highest BCUT2D eigenvalue weighted by atomic mass is 127. The molecule has 10 heteroatoms. The van der Waals surface area contributed by atoms with Gasteiger partial charge in [-0.2, -0.15) is 5.10 Å². The molecule has 0 fully saturated rings. The second-order valence-electron chi connectivity index (χ2n) is 5.12. The van der Waals surface area contributed by atoms with Crippen molar-refractivity contribution in [2.75, 3.05) is 13.7 Å². The van der Waals surface area contributed by atoms with E-state index in [0.29, 0.717) is 21.5 Å². The molecule has 2 aromatic rings. The van der Waals surface area contributed by atoms with Gasteiger partial charge in [0.05, 0.1) is 34.0 Å². The molecule has 0 aliphatic carbocycles. The highest BCUT2D eigenvalue weighted by Crippen LogP contribution is 2.32. The molecule has 1 amide bonds. The summed E-state index contributed by atoms with van der Waals surface area (Å²) in [6.45, 7) is 2.17. The molecule has 0 aliphatic heterocycles. The molecule has 9 nitrogen and oxygen atoms in total. The van der Waals surface area contributed by atoms with Crippen LogP contribution < -0.4 is 14.9 Å². The molecule has 142 valence electrons. The average Bonchev–Trinajstić information content (AvgIpc) is 2.65. The fourth-order valence-electron chi connectivity index (χ4n) is 2.15. The number of nitro benzene ring substituents is 1. The fourth-order valence-corrected chi connectivity index (χ4v) is 2.77. The molecule has 0 saturated heterocycles. The van der Waals surface area contributed by atoms with Crippen molar-refractivity contribution in [2.24, 2.45) is 5.10 Å². The largest absolute Gasteiger partial charge is 0.504 e. The summed E-state index contributed by atoms with van der Waals surface area (Å²) in [5.41, 5.74) is 2.63. The number of benzene rings is 2. The molecule has 0 atom stereocenters. The first-order chi connectivity index (χ1) is 12.9. The number of carbonyl (C=O) groups excluding carboxylic acids is 1. The second kappa shape index (κ2) is 9.16. The van der Waals surface area contributed by atoms with Gasteiger partial charge in [0.15, 0.2) is 11.5 Å². The van der Waals surface area contributed by atoms with E-state index in [1.165, 1.54) is 25.5 Å². The molecule has 0 unspecified atom stereocenters. The van der Waals surface area contributed by atoms with Crippen LogP contribution >= 0.6 is 22.6 Å². The molecule has 2 rings (SSSR count). The van der Waals surface area contributed by atoms with Gasteiger partial charge in [-0.15, -0.1) is 0 Å². The number of rotatable bonds is 7. The lowest BCUT2D eigenvalue weighted by Gasteiger charge is -2.08. The first-order valence-corrected chi connectivity index (χ1v) is 8.76. The van der Waals surface area contributed by atoms with E-state index in [9.17, 15) is 20.0 Å². The summed E-state index contributed by atoms with van der Waals surface area (Å²) in [5.74, 6) is -0.145. The third-order valence-electron chi connectivity index (χ3n) is 3.37. The summed E-state index contributed by atoms with van der Waals surface area (Å²) in [6.07, 6.45) is 1.37. The summed E-state index contributed by atoms with van der Waals surface area (Å²) in [5, 5.41) is 24.7. The number of nitro groups is 1. The molecular formula is C17H16IN3O6. The molecule has 2 aromatic carbocycles. The Morgan fingerprint density at radius 2 is 2.11 bits per heavy atom. The molecular weight excluding hydrogens is 469 g/mol. The Bertz CT molecular complexity index is 900. The van der Waals surface area contributed by atoms with Gasteiger partial charge in [-0.25, -0.2) is 5.43 Å². The van der Waals surface area contributed by atoms with E-state index >= 15 is 0 Å². The molecule has 0 aliphatic rings. The number of ether oxygens (including phenoxy) is 2. The van der Waals surface area contributed by atoms with Crippen LogP contribution in [0.1, 0.15) is 22.8 Å². The van der Waals surface area contributed by atoms with Crippen LogP contribution in [0, 0.1) is 13.7 Å². The standard InChI is InChI=1S/C17H16IN3O6/c1-3-27-15-7-10(6-13(18)16(15)22)9-19-20-17(23)12-8-11(21(24)25)4-5-14(12)26-2/h4-9,22H,3H2,1-2H3,(H,20,23)/b19-9-. The lowest BCUT2D eigenvalue weighted by atomic mass is 10.1. The van der Waals surface area contributed by atoms with Crippen molar-refractivity contribution in [1.82, 2.24) is 5.43 Å². The number of carbonyl (C=O) groups is 1. The summed E-state index contributed by atoms with van der Waals surface area (Å²) in [6, 6.07) is 6.92. The highest BCUT2D eigenvalue weighted by Gasteiger charge is 2.17. The number of amides is 1. The summed E-state index contributed by atoms with van der Waals surface area (Å²) in [7, 11) is 1.36. The Balaban J connectivity index is 2.20. The van der Waals surface area contributed by atoms with Gasteiger partial charge in [0.2, 0.25) is 0 Å². The minimum atomic E-state index is -0.662. The molecule has 0 aromatic heterocycles. The second-order valence-corrected chi connectivity index (χ2v) is 6.29. The van der Waals surface area contributed by atoms with Crippen LogP contribution in [0.15, 0.2) is 35.4 Å². The van der Waals surface area contributed by atoms with Crippen LogP contribution in [-0.2, 0) is 0 Å². The number of phenols is 1. The van der Waals surface area contributed by atoms with E-state index in [1.54, 1.807) is 19.1 Å². The third-order valence-corrected chi connectivity index (χ3v) is 4.19. The van der Waals surface area contributed by atoms with E-state index in [1.807, 2.05) is 22.6 Å². The van der Waals surface area contributed by atoms with E-state index in [0.717, 1.165) is 6.07 Å². The van der Waals surface area contributed by atoms with Crippen molar-refractivity contribution in [3.05, 3.63) is 55.1 Å². The Labute approximate surface area is 168 Å². The van der Waals surface area contributed by atoms with Gasteiger partial charge in [-0.05, 0) is 53.3 Å². The quantitative estimate of drug-likeness (QED) is 0.269. The normalized spacial score (nSPS) is 10.6. The maximum Gasteiger partial charge on any atom is 0.275 e. The summed E-state index contributed by atoms with van der Waals surface area (Å²) in [4.78, 5) is 22.6. The number of hydrogen-bond donors (Lipinski definition) is 2. The first kappa shape index (κ1) is 20.4. The van der Waals surface area contributed by atoms with E-state index in [4.69, 9.17) is 9.47 Å². The summed E-state index contributed by atoms with van der Waals surface area (Å²) >= 11 is 1.95. The van der Waals surface area contributed by atoms with Gasteiger partial charge in [0.1, 0.15) is 5.75 Å². The predicted molar refractivity (Wildman–Crippen MR) is 107 cm³/mol. The van der Waals surface area contributed by atoms with Crippen LogP contribution in [-0.4, -0.2) is 35.9 Å². The Hall–Kier alpha value is -2.89. The van der Waals surface area contributed by atoms with Crippen molar-refractivity contribution in [3.8, 4) is 17.2 Å². The summed E-state index contributed by atoms with van der Waals surface area (Å²) < 4.78 is 11.0. The van der Waals surface area contributed by atoms with Gasteiger partial charge in [0.25, 0.3) is 11.6 Å². The van der Waals surface area contributed by atoms with Gasteiger partial charge < -0.3 is 14.6 Å². The third kappa shape index (κ3) is 5.06. The zero-order valence-electron chi connectivity index (χ0n) is 14.4. The Kier molecular flexibility index (Phi) is 6.93. The lowest BCUT2D eigenvalue weighted by Crippen LogP contribution is -2.18. The fraction of sp³-hybridized carbons (Fsp3) is 0.176. The van der Waals surface area contributed by atoms with Crippen molar-refractivity contribution in [2.45, 2.75) is 6.92 Å². The zero-order chi connectivity index (χ0) is 20.0. The lowest BCUT2D eigenvalue weighted by molar-refractivity contribution is -0.384. The zero-order valence-corrected chi connectivity index (χ0v) is 16.6. The molecule has 0 radical (unpaired) electrons. The van der Waals surface area contributed by atoms with Crippen molar-refractivity contribution in [1.29, 1.82) is 0 Å². The Morgan fingerprint density at radius 3 is 2.74 bits per heavy atom. The van der Waals surface area contributed by atoms with Crippen molar-refractivity contribution >= 4 is 40.4 Å². The Morgan fingerprint density at radius 1 is 1.37 bits per heavy atom. The van der Waals surface area contributed by atoms with E-state index in [2.05, 4.69) is 10.5 Å². The van der Waals surface area contributed by atoms with E-state index < -0.39 is 10.8 Å². The number of phenolic OH excluding ortho intramolecular Hbond substituents is 1. The number of aromatic hydroxyl groups is 1. The smallest absolute Gasteiger partial charge is 0.275 e. The number of methoxy groups -OCH3 is 1. The number of non-ortho nitro benzene ring substituents is 1. The minimum absolute atomic E-state index is 0.0147. The number of nitrogens with one attached hydrogen (secondary N) is 1. The number of hydrazone groups is 1. The SMILES string of the molecule is CCOc1cc(/C=N\NC(=O)c2cc([N+](=O)[O-])ccc2OC)cc(I)c1O. The first-order valence-electron chi connectivity index (χ1n) is 7.68. The van der Waals surface area contributed by atoms with Crippen LogP contribution in [0.3, 0.4) is 0 Å². The van der Waals surface area contributed by atoms with Crippen molar-refractivity contribution in [3.63, 3.8) is 0 Å². The minimum Gasteiger partial charge on any atom is -0.504 e. The molecule has 27 heavy (non-hydrogen) atoms.